The van der Waals surface area contributed by atoms with Gasteiger partial charge in [-0.2, -0.15) is 0 Å². The highest BCUT2D eigenvalue weighted by molar-refractivity contribution is 5.96. The maximum atomic E-state index is 13.3. The monoisotopic (exact) mass is 851 g/mol. The van der Waals surface area contributed by atoms with Crippen molar-refractivity contribution in [3.05, 3.63) is 29.8 Å². The second kappa shape index (κ2) is 30.5. The minimum absolute atomic E-state index is 0.0659. The number of aliphatic carboxylic acids is 1. The lowest BCUT2D eigenvalue weighted by Gasteiger charge is -2.27. The molecule has 338 valence electrons. The first-order valence-corrected chi connectivity index (χ1v) is 20.3. The van der Waals surface area contributed by atoms with Crippen LogP contribution in [0.25, 0.3) is 0 Å². The Bertz CT molecular complexity index is 1480. The zero-order chi connectivity index (χ0) is 44.1. The van der Waals surface area contributed by atoms with Gasteiger partial charge >= 0.3 is 11.9 Å². The molecule has 0 aromatic heterocycles. The van der Waals surface area contributed by atoms with E-state index in [2.05, 4.69) is 21.3 Å². The molecule has 0 aliphatic carbocycles. The summed E-state index contributed by atoms with van der Waals surface area (Å²) in [5.74, 6) is -3.24. The van der Waals surface area contributed by atoms with Gasteiger partial charge in [0.1, 0.15) is 18.4 Å². The molecule has 20 nitrogen and oxygen atoms in total. The molecule has 1 unspecified atom stereocenters. The number of hydrogen-bond donors (Lipinski definition) is 5. The molecule has 2 rings (SSSR count). The molecule has 1 fully saturated rings. The van der Waals surface area contributed by atoms with Crippen molar-refractivity contribution in [1.82, 2.24) is 30.7 Å². The van der Waals surface area contributed by atoms with E-state index in [9.17, 15) is 38.7 Å². The Kier molecular flexibility index (Phi) is 26.2. The summed E-state index contributed by atoms with van der Waals surface area (Å²) in [6, 6.07) is 5.77. The highest BCUT2D eigenvalue weighted by Crippen LogP contribution is 2.11. The van der Waals surface area contributed by atoms with Crippen LogP contribution >= 0.6 is 0 Å². The number of anilines is 1. The molecule has 1 aromatic rings. The van der Waals surface area contributed by atoms with Gasteiger partial charge in [-0.1, -0.05) is 26.0 Å². The number of carboxylic acid groups (broad SMARTS) is 1. The van der Waals surface area contributed by atoms with Crippen LogP contribution in [0.15, 0.2) is 24.3 Å². The minimum Gasteiger partial charge on any atom is -0.480 e. The molecule has 60 heavy (non-hydrogen) atoms. The van der Waals surface area contributed by atoms with Gasteiger partial charge in [-0.25, -0.2) is 0 Å². The number of esters is 1. The third-order valence-electron chi connectivity index (χ3n) is 8.94. The lowest BCUT2D eigenvalue weighted by molar-refractivity contribution is -0.142. The fourth-order valence-electron chi connectivity index (χ4n) is 5.66. The molecule has 1 saturated heterocycles. The van der Waals surface area contributed by atoms with Crippen LogP contribution in [0.2, 0.25) is 0 Å². The smallest absolute Gasteiger partial charge is 0.317 e. The number of carbonyl (C=O) groups excluding carboxylic acids is 6. The molecule has 0 saturated carbocycles. The first kappa shape index (κ1) is 51.6. The molecular weight excluding hydrogens is 786 g/mol. The number of nitrogens with one attached hydrogen (secondary N) is 4. The third kappa shape index (κ3) is 25.1. The molecule has 0 spiro atoms. The highest BCUT2D eigenvalue weighted by Gasteiger charge is 2.26. The first-order valence-electron chi connectivity index (χ1n) is 20.3. The van der Waals surface area contributed by atoms with Crippen LogP contribution in [0.4, 0.5) is 5.69 Å². The normalized spacial score (nSPS) is 14.6. The number of nitrogens with zero attached hydrogens (tertiary/aromatic N) is 3. The molecule has 4 amide bonds. The Hall–Kier alpha value is -4.57. The van der Waals surface area contributed by atoms with Gasteiger partial charge in [-0.3, -0.25) is 48.3 Å². The number of hydrogen-bond acceptors (Lipinski definition) is 15. The lowest BCUT2D eigenvalue weighted by atomic mass is 10.0. The number of rotatable bonds is 29. The van der Waals surface area contributed by atoms with Crippen molar-refractivity contribution in [3.8, 4) is 0 Å². The predicted molar refractivity (Wildman–Crippen MR) is 219 cm³/mol. The molecule has 20 heteroatoms. The second-order valence-electron chi connectivity index (χ2n) is 14.5. The van der Waals surface area contributed by atoms with Crippen molar-refractivity contribution in [1.29, 1.82) is 0 Å². The van der Waals surface area contributed by atoms with E-state index in [1.165, 1.54) is 13.8 Å². The van der Waals surface area contributed by atoms with Crippen LogP contribution in [0.5, 0.6) is 0 Å². The van der Waals surface area contributed by atoms with Gasteiger partial charge in [-0.15, -0.1) is 0 Å². The molecule has 5 N–H and O–H groups in total. The number of carbonyl (C=O) groups is 7. The fourth-order valence-corrected chi connectivity index (χ4v) is 5.66. The van der Waals surface area contributed by atoms with Gasteiger partial charge in [0.05, 0.1) is 79.0 Å². The molecule has 1 heterocycles. The van der Waals surface area contributed by atoms with E-state index in [0.717, 1.165) is 5.56 Å². The molecular formula is C40H65N7O13. The fraction of sp³-hybridized carbons (Fsp3) is 0.675. The average molecular weight is 852 g/mol. The van der Waals surface area contributed by atoms with Crippen LogP contribution < -0.4 is 21.3 Å². The Labute approximate surface area is 352 Å². The minimum atomic E-state index is -0.987. The Morgan fingerprint density at radius 3 is 1.65 bits per heavy atom. The summed E-state index contributed by atoms with van der Waals surface area (Å²) >= 11 is 0. The summed E-state index contributed by atoms with van der Waals surface area (Å²) in [4.78, 5) is 90.8. The van der Waals surface area contributed by atoms with Crippen molar-refractivity contribution in [2.45, 2.75) is 46.8 Å². The quantitative estimate of drug-likeness (QED) is 0.0485. The van der Waals surface area contributed by atoms with Crippen LogP contribution in [0, 0.1) is 5.92 Å². The zero-order valence-corrected chi connectivity index (χ0v) is 35.5. The summed E-state index contributed by atoms with van der Waals surface area (Å²) < 4.78 is 26.6. The van der Waals surface area contributed by atoms with Gasteiger partial charge in [0, 0.05) is 64.8 Å². The molecule has 1 aliphatic rings. The second-order valence-corrected chi connectivity index (χ2v) is 14.5. The maximum Gasteiger partial charge on any atom is 0.317 e. The highest BCUT2D eigenvalue weighted by atomic mass is 16.6. The van der Waals surface area contributed by atoms with Gasteiger partial charge in [0.2, 0.25) is 23.6 Å². The van der Waals surface area contributed by atoms with Gasteiger partial charge in [-0.05, 0) is 30.5 Å². The van der Waals surface area contributed by atoms with Crippen molar-refractivity contribution >= 4 is 47.0 Å². The lowest BCUT2D eigenvalue weighted by Crippen LogP contribution is -2.53. The Balaban J connectivity index is 1.76. The van der Waals surface area contributed by atoms with E-state index >= 15 is 0 Å². The van der Waals surface area contributed by atoms with E-state index in [4.69, 9.17) is 23.7 Å². The van der Waals surface area contributed by atoms with Crippen LogP contribution in [0.1, 0.15) is 39.7 Å². The van der Waals surface area contributed by atoms with E-state index in [-0.39, 0.29) is 57.0 Å². The number of Topliss-reactive ketones (excluding diaryl/α,β-unsaturated/α-hetero) is 1. The summed E-state index contributed by atoms with van der Waals surface area (Å²) in [6.07, 6.45) is 0.393. The van der Waals surface area contributed by atoms with E-state index in [1.807, 2.05) is 9.80 Å². The van der Waals surface area contributed by atoms with Gasteiger partial charge in [0.25, 0.3) is 0 Å². The molecule has 1 atom stereocenters. The van der Waals surface area contributed by atoms with Crippen molar-refractivity contribution in [2.24, 2.45) is 5.92 Å². The topological polar surface area (TPSA) is 244 Å². The molecule has 0 bridgehead atoms. The predicted octanol–water partition coefficient (Wildman–Crippen LogP) is -0.889. The standard InChI is InChI=1S/C40H65N7O13/c1-30(2)39(40(55)42-25-35(50)43-34-7-5-33(6-8-34)29-60-32(4)49)44-37(52)27-46-12-11-45(13-15-47(16-14-46)28-38(53)54)26-36(51)41-10-18-57-20-22-59-24-23-58-21-19-56-17-9-31(3)48/h5-8,30,39H,9-29H2,1-4H3,(H,41,51)(H,42,55)(H,43,50)(H,44,52)(H,53,54). The zero-order valence-electron chi connectivity index (χ0n) is 35.5. The van der Waals surface area contributed by atoms with Gasteiger partial charge < -0.3 is 50.1 Å². The summed E-state index contributed by atoms with van der Waals surface area (Å²) in [5.41, 5.74) is 1.24. The number of carboxylic acids is 1. The van der Waals surface area contributed by atoms with E-state index in [0.29, 0.717) is 104 Å². The summed E-state index contributed by atoms with van der Waals surface area (Å²) in [5, 5.41) is 20.4. The maximum absolute atomic E-state index is 13.3. The number of ether oxygens (including phenoxy) is 5. The average Bonchev–Trinajstić information content (AvgIpc) is 3.27. The van der Waals surface area contributed by atoms with E-state index < -0.39 is 35.7 Å². The number of ketones is 1. The Morgan fingerprint density at radius 2 is 1.15 bits per heavy atom. The third-order valence-corrected chi connectivity index (χ3v) is 8.94. The summed E-state index contributed by atoms with van der Waals surface area (Å²) in [6.45, 7) is 11.7. The number of benzene rings is 1. The Morgan fingerprint density at radius 1 is 0.650 bits per heavy atom. The van der Waals surface area contributed by atoms with Gasteiger partial charge in [0.15, 0.2) is 0 Å². The van der Waals surface area contributed by atoms with Crippen molar-refractivity contribution in [2.75, 3.05) is 130 Å². The van der Waals surface area contributed by atoms with Crippen LogP contribution in [0.3, 0.4) is 0 Å². The van der Waals surface area contributed by atoms with Crippen LogP contribution in [-0.2, 0) is 63.9 Å². The molecule has 0 radical (unpaired) electrons. The van der Waals surface area contributed by atoms with Crippen molar-refractivity contribution in [3.63, 3.8) is 0 Å². The summed E-state index contributed by atoms with van der Waals surface area (Å²) in [7, 11) is 0. The first-order chi connectivity index (χ1) is 28.7. The molecule has 1 aliphatic heterocycles. The SMILES string of the molecule is CC(=O)CCOCCOCCOCCOCCNC(=O)CN1CCN(CC(=O)O)CCN(CC(=O)NC(C(=O)NCC(=O)Nc2ccc(COC(C)=O)cc2)C(C)C)CC1. The van der Waals surface area contributed by atoms with Crippen LogP contribution in [-0.4, -0.2) is 192 Å². The molecule has 1 aromatic carbocycles. The number of amides is 4. The van der Waals surface area contributed by atoms with Crippen molar-refractivity contribution < 1.29 is 62.4 Å². The van der Waals surface area contributed by atoms with E-state index in [1.54, 1.807) is 43.0 Å². The largest absolute Gasteiger partial charge is 0.480 e.